The van der Waals surface area contributed by atoms with Gasteiger partial charge in [0.2, 0.25) is 5.78 Å². The van der Waals surface area contributed by atoms with Gasteiger partial charge in [-0.1, -0.05) is 6.07 Å². The maximum Gasteiger partial charge on any atom is 0.307 e. The van der Waals surface area contributed by atoms with Crippen LogP contribution in [0.15, 0.2) is 30.3 Å². The minimum atomic E-state index is -0.710. The van der Waals surface area contributed by atoms with Crippen molar-refractivity contribution in [2.24, 2.45) is 0 Å². The molecule has 0 amide bonds. The summed E-state index contributed by atoms with van der Waals surface area (Å²) in [5, 5.41) is 17.4. The Labute approximate surface area is 188 Å². The molecule has 0 spiro atoms. The van der Waals surface area contributed by atoms with Crippen molar-refractivity contribution in [1.29, 1.82) is 0 Å². The molecule has 0 aromatic heterocycles. The second kappa shape index (κ2) is 9.90. The van der Waals surface area contributed by atoms with Crippen LogP contribution >= 0.6 is 0 Å². The monoisotopic (exact) mass is 455 g/mol. The Kier molecular flexibility index (Phi) is 7.01. The summed E-state index contributed by atoms with van der Waals surface area (Å²) in [5.41, 5.74) is -0.318. The quantitative estimate of drug-likeness (QED) is 0.279. The van der Waals surface area contributed by atoms with E-state index in [1.807, 2.05) is 0 Å². The molecule has 0 saturated carbocycles. The maximum atomic E-state index is 13.4. The molecule has 0 aliphatic heterocycles. The summed E-state index contributed by atoms with van der Waals surface area (Å²) in [6.45, 7) is 0.247. The van der Waals surface area contributed by atoms with Gasteiger partial charge in [0.05, 0.1) is 43.1 Å². The Hall–Kier alpha value is -4.28. The van der Waals surface area contributed by atoms with Crippen LogP contribution in [0.3, 0.4) is 0 Å². The predicted octanol–water partition coefficient (Wildman–Crippen LogP) is 2.32. The molecule has 2 aromatic rings. The summed E-state index contributed by atoms with van der Waals surface area (Å²) in [5.74, 6) is -2.19. The minimum absolute atomic E-state index is 0.00325. The van der Waals surface area contributed by atoms with Gasteiger partial charge in [-0.05, 0) is 18.2 Å². The molecular weight excluding hydrogens is 434 g/mol. The fourth-order valence-electron chi connectivity index (χ4n) is 3.55. The van der Waals surface area contributed by atoms with Crippen molar-refractivity contribution >= 4 is 40.6 Å². The molecule has 0 bridgehead atoms. The van der Waals surface area contributed by atoms with Gasteiger partial charge in [0.1, 0.15) is 5.56 Å². The number of methoxy groups -OCH3 is 2. The third kappa shape index (κ3) is 4.66. The topological polar surface area (TPSA) is 154 Å². The van der Waals surface area contributed by atoms with E-state index in [1.54, 1.807) is 6.07 Å². The summed E-state index contributed by atoms with van der Waals surface area (Å²) >= 11 is 0. The number of nitro benzene ring substituents is 1. The molecular formula is C22H21N3O8. The predicted molar refractivity (Wildman–Crippen MR) is 117 cm³/mol. The number of rotatable bonds is 9. The fourth-order valence-corrected chi connectivity index (χ4v) is 3.55. The first-order chi connectivity index (χ1) is 15.8. The lowest BCUT2D eigenvalue weighted by atomic mass is 9.81. The van der Waals surface area contributed by atoms with Crippen molar-refractivity contribution in [3.8, 4) is 0 Å². The van der Waals surface area contributed by atoms with E-state index < -0.39 is 34.1 Å². The molecule has 0 fully saturated rings. The highest BCUT2D eigenvalue weighted by Crippen LogP contribution is 2.39. The van der Waals surface area contributed by atoms with E-state index in [9.17, 15) is 29.3 Å². The van der Waals surface area contributed by atoms with Gasteiger partial charge in [0, 0.05) is 36.1 Å². The lowest BCUT2D eigenvalue weighted by Gasteiger charge is -2.23. The Morgan fingerprint density at radius 3 is 1.85 bits per heavy atom. The van der Waals surface area contributed by atoms with Gasteiger partial charge in [0.25, 0.3) is 5.69 Å². The molecule has 172 valence electrons. The van der Waals surface area contributed by atoms with E-state index in [4.69, 9.17) is 0 Å². The van der Waals surface area contributed by atoms with Crippen LogP contribution in [0.5, 0.6) is 0 Å². The normalized spacial score (nSPS) is 11.8. The molecule has 3 rings (SSSR count). The molecule has 0 saturated heterocycles. The first-order valence-corrected chi connectivity index (χ1v) is 9.95. The number of hydrogen-bond donors (Lipinski definition) is 2. The molecule has 11 nitrogen and oxygen atoms in total. The molecule has 0 atom stereocenters. The lowest BCUT2D eigenvalue weighted by molar-refractivity contribution is -0.385. The van der Waals surface area contributed by atoms with E-state index >= 15 is 0 Å². The highest BCUT2D eigenvalue weighted by molar-refractivity contribution is 6.33. The second-order valence-electron chi connectivity index (χ2n) is 7.03. The van der Waals surface area contributed by atoms with Gasteiger partial charge in [-0.2, -0.15) is 0 Å². The SMILES string of the molecule is COC(=O)CCNc1ccc(NCCC(=O)OC)c2c1C(=O)c1cccc([N+](=O)[O-])c1C2=O. The lowest BCUT2D eigenvalue weighted by Crippen LogP contribution is -2.26. The minimum Gasteiger partial charge on any atom is -0.469 e. The summed E-state index contributed by atoms with van der Waals surface area (Å²) < 4.78 is 9.20. The number of carbonyl (C=O) groups is 4. The Balaban J connectivity index is 2.07. The van der Waals surface area contributed by atoms with Crippen LogP contribution in [-0.2, 0) is 19.1 Å². The summed E-state index contributed by atoms with van der Waals surface area (Å²) in [7, 11) is 2.50. The smallest absolute Gasteiger partial charge is 0.307 e. The van der Waals surface area contributed by atoms with E-state index in [1.165, 1.54) is 32.4 Å². The van der Waals surface area contributed by atoms with Crippen molar-refractivity contribution < 1.29 is 33.6 Å². The van der Waals surface area contributed by atoms with E-state index in [0.717, 1.165) is 6.07 Å². The number of nitrogens with zero attached hydrogens (tertiary/aromatic N) is 1. The molecule has 1 aliphatic carbocycles. The molecule has 11 heteroatoms. The molecule has 33 heavy (non-hydrogen) atoms. The van der Waals surface area contributed by atoms with Crippen LogP contribution in [0, 0.1) is 10.1 Å². The molecule has 2 N–H and O–H groups in total. The molecule has 0 unspecified atom stereocenters. The number of hydrogen-bond acceptors (Lipinski definition) is 10. The molecule has 0 heterocycles. The van der Waals surface area contributed by atoms with Crippen molar-refractivity contribution in [3.63, 3.8) is 0 Å². The highest BCUT2D eigenvalue weighted by atomic mass is 16.6. The van der Waals surface area contributed by atoms with Crippen LogP contribution < -0.4 is 10.6 Å². The number of anilines is 2. The Morgan fingerprint density at radius 1 is 0.848 bits per heavy atom. The number of ketones is 2. The molecule has 1 aliphatic rings. The van der Waals surface area contributed by atoms with Gasteiger partial charge in [0.15, 0.2) is 5.78 Å². The number of carbonyl (C=O) groups excluding carboxylic acids is 4. The fraction of sp³-hybridized carbons (Fsp3) is 0.273. The maximum absolute atomic E-state index is 13.4. The van der Waals surface area contributed by atoms with Crippen LogP contribution in [0.2, 0.25) is 0 Å². The zero-order valence-electron chi connectivity index (χ0n) is 17.9. The number of nitro groups is 1. The first kappa shape index (κ1) is 23.4. The Morgan fingerprint density at radius 2 is 1.36 bits per heavy atom. The van der Waals surface area contributed by atoms with Gasteiger partial charge >= 0.3 is 11.9 Å². The standard InChI is InChI=1S/C22H21N3O8/c1-32-16(26)8-10-23-13-6-7-14(24-11-9-17(27)33-2)20-19(13)21(28)12-4-3-5-15(25(30)31)18(12)22(20)29/h3-7,23-24H,8-11H2,1-2H3. The van der Waals surface area contributed by atoms with Crippen LogP contribution in [0.1, 0.15) is 44.7 Å². The third-order valence-corrected chi connectivity index (χ3v) is 5.11. The highest BCUT2D eigenvalue weighted by Gasteiger charge is 2.38. The summed E-state index contributed by atoms with van der Waals surface area (Å²) in [4.78, 5) is 60.5. The van der Waals surface area contributed by atoms with Gasteiger partial charge in [-0.3, -0.25) is 29.3 Å². The first-order valence-electron chi connectivity index (χ1n) is 9.95. The van der Waals surface area contributed by atoms with Crippen LogP contribution in [0.25, 0.3) is 0 Å². The van der Waals surface area contributed by atoms with Crippen molar-refractivity contribution in [2.45, 2.75) is 12.8 Å². The average molecular weight is 455 g/mol. The van der Waals surface area contributed by atoms with Crippen LogP contribution in [-0.4, -0.2) is 55.7 Å². The Bertz CT molecular complexity index is 1160. The van der Waals surface area contributed by atoms with E-state index in [0.29, 0.717) is 5.69 Å². The molecule has 2 aromatic carbocycles. The van der Waals surface area contributed by atoms with Crippen molar-refractivity contribution in [2.75, 3.05) is 37.9 Å². The second-order valence-corrected chi connectivity index (χ2v) is 7.03. The number of ether oxygens (including phenoxy) is 2. The third-order valence-electron chi connectivity index (χ3n) is 5.11. The zero-order valence-corrected chi connectivity index (χ0v) is 17.9. The summed E-state index contributed by atoms with van der Waals surface area (Å²) in [6.07, 6.45) is 0.0257. The molecule has 0 radical (unpaired) electrons. The van der Waals surface area contributed by atoms with Gasteiger partial charge < -0.3 is 20.1 Å². The van der Waals surface area contributed by atoms with Gasteiger partial charge in [-0.25, -0.2) is 0 Å². The van der Waals surface area contributed by atoms with Gasteiger partial charge in [-0.15, -0.1) is 0 Å². The average Bonchev–Trinajstić information content (AvgIpc) is 2.81. The van der Waals surface area contributed by atoms with Crippen molar-refractivity contribution in [3.05, 3.63) is 62.7 Å². The number of esters is 2. The van der Waals surface area contributed by atoms with Crippen molar-refractivity contribution in [1.82, 2.24) is 0 Å². The van der Waals surface area contributed by atoms with E-state index in [2.05, 4.69) is 20.1 Å². The number of nitrogens with one attached hydrogen (secondary N) is 2. The number of fused-ring (bicyclic) bond motifs is 2. The van der Waals surface area contributed by atoms with Crippen LogP contribution in [0.4, 0.5) is 17.1 Å². The van der Waals surface area contributed by atoms with E-state index in [-0.39, 0.29) is 53.9 Å². The summed E-state index contributed by atoms with van der Waals surface area (Å²) in [6, 6.07) is 6.96. The number of benzene rings is 2. The zero-order chi connectivity index (χ0) is 24.1. The largest absolute Gasteiger partial charge is 0.469 e.